The standard InChI is InChI=1S/C21H19F2N5O5S/c1-32-14-6-4-11(8-15(14)33-2)25-16(29)9-34-21-27-18(24)17(20(31)28-21)26-19(30)10-3-5-12(22)13(23)7-10/h3-8H,9H2,1-2H3,(H,25,29)(H,26,30)(H3,24,27,28,31). The molecule has 1 aromatic heterocycles. The Morgan fingerprint density at radius 3 is 2.44 bits per heavy atom. The van der Waals surface area contributed by atoms with Crippen LogP contribution in [0, 0.1) is 11.6 Å². The molecule has 3 rings (SSSR count). The van der Waals surface area contributed by atoms with Crippen LogP contribution in [0.5, 0.6) is 11.5 Å². The normalized spacial score (nSPS) is 10.5. The molecular formula is C21H19F2N5O5S. The van der Waals surface area contributed by atoms with E-state index in [-0.39, 0.29) is 28.0 Å². The third-order valence-electron chi connectivity index (χ3n) is 4.35. The summed E-state index contributed by atoms with van der Waals surface area (Å²) in [5, 5.41) is 4.93. The molecule has 0 bridgehead atoms. The number of aromatic nitrogens is 2. The van der Waals surface area contributed by atoms with Crippen LogP contribution in [-0.4, -0.2) is 41.8 Å². The predicted molar refractivity (Wildman–Crippen MR) is 122 cm³/mol. The van der Waals surface area contributed by atoms with E-state index in [0.717, 1.165) is 23.9 Å². The SMILES string of the molecule is COc1ccc(NC(=O)CSc2nc(N)c(NC(=O)c3ccc(F)c(F)c3)c(=O)[nH]2)cc1OC. The first-order chi connectivity index (χ1) is 16.2. The highest BCUT2D eigenvalue weighted by Gasteiger charge is 2.16. The molecule has 0 spiro atoms. The van der Waals surface area contributed by atoms with Crippen molar-refractivity contribution in [2.75, 3.05) is 36.3 Å². The van der Waals surface area contributed by atoms with Crippen LogP contribution in [0.3, 0.4) is 0 Å². The summed E-state index contributed by atoms with van der Waals surface area (Å²) in [5.41, 5.74) is 4.87. The average Bonchev–Trinajstić information content (AvgIpc) is 2.81. The zero-order valence-electron chi connectivity index (χ0n) is 17.9. The van der Waals surface area contributed by atoms with Crippen LogP contribution in [0.25, 0.3) is 0 Å². The first-order valence-electron chi connectivity index (χ1n) is 9.52. The number of ether oxygens (including phenoxy) is 2. The number of thioether (sulfide) groups is 1. The van der Waals surface area contributed by atoms with Gasteiger partial charge in [-0.1, -0.05) is 11.8 Å². The minimum absolute atomic E-state index is 0.0378. The third kappa shape index (κ3) is 5.81. The van der Waals surface area contributed by atoms with Crippen LogP contribution in [0.2, 0.25) is 0 Å². The van der Waals surface area contributed by atoms with Crippen LogP contribution in [0.1, 0.15) is 10.4 Å². The molecule has 34 heavy (non-hydrogen) atoms. The molecule has 178 valence electrons. The van der Waals surface area contributed by atoms with Crippen LogP contribution >= 0.6 is 11.8 Å². The highest BCUT2D eigenvalue weighted by Crippen LogP contribution is 2.30. The first kappa shape index (κ1) is 24.5. The number of hydrogen-bond donors (Lipinski definition) is 4. The number of halogens is 2. The number of H-pyrrole nitrogens is 1. The Bertz CT molecular complexity index is 1300. The van der Waals surface area contributed by atoms with Gasteiger partial charge in [-0.3, -0.25) is 19.4 Å². The molecule has 0 aliphatic rings. The maximum absolute atomic E-state index is 13.3. The van der Waals surface area contributed by atoms with Gasteiger partial charge in [0.2, 0.25) is 5.91 Å². The Labute approximate surface area is 195 Å². The van der Waals surface area contributed by atoms with Crippen molar-refractivity contribution in [3.05, 3.63) is 63.9 Å². The van der Waals surface area contributed by atoms with Gasteiger partial charge in [-0.2, -0.15) is 0 Å². The number of nitrogen functional groups attached to an aromatic ring is 1. The molecule has 13 heteroatoms. The van der Waals surface area contributed by atoms with Gasteiger partial charge in [0.05, 0.1) is 20.0 Å². The molecule has 3 aromatic rings. The summed E-state index contributed by atoms with van der Waals surface area (Å²) in [6.07, 6.45) is 0. The van der Waals surface area contributed by atoms with Gasteiger partial charge in [0, 0.05) is 17.3 Å². The number of benzene rings is 2. The Hall–Kier alpha value is -4.13. The van der Waals surface area contributed by atoms with Crippen LogP contribution < -0.4 is 31.4 Å². The van der Waals surface area contributed by atoms with E-state index in [1.807, 2.05) is 0 Å². The van der Waals surface area contributed by atoms with Crippen molar-refractivity contribution in [1.82, 2.24) is 9.97 Å². The number of amides is 2. The smallest absolute Gasteiger partial charge is 0.277 e. The topological polar surface area (TPSA) is 148 Å². The van der Waals surface area contributed by atoms with E-state index in [1.165, 1.54) is 14.2 Å². The summed E-state index contributed by atoms with van der Waals surface area (Å²) in [5.74, 6) is -3.10. The molecule has 0 fully saturated rings. The van der Waals surface area contributed by atoms with Gasteiger partial charge < -0.3 is 25.8 Å². The predicted octanol–water partition coefficient (Wildman–Crippen LogP) is 2.63. The quantitative estimate of drug-likeness (QED) is 0.278. The number of carbonyl (C=O) groups is 2. The summed E-state index contributed by atoms with van der Waals surface area (Å²) in [4.78, 5) is 43.2. The lowest BCUT2D eigenvalue weighted by atomic mass is 10.2. The van der Waals surface area contributed by atoms with Gasteiger partial charge in [-0.25, -0.2) is 13.8 Å². The molecule has 2 amide bonds. The molecule has 10 nitrogen and oxygen atoms in total. The van der Waals surface area contributed by atoms with Crippen molar-refractivity contribution < 1.29 is 27.8 Å². The molecule has 0 radical (unpaired) electrons. The lowest BCUT2D eigenvalue weighted by Gasteiger charge is -2.11. The van der Waals surface area contributed by atoms with E-state index < -0.39 is 29.0 Å². The van der Waals surface area contributed by atoms with Crippen LogP contribution in [0.15, 0.2) is 46.3 Å². The summed E-state index contributed by atoms with van der Waals surface area (Å²) >= 11 is 0.903. The number of aromatic amines is 1. The number of carbonyl (C=O) groups excluding carboxylic acids is 2. The van der Waals surface area contributed by atoms with E-state index in [4.69, 9.17) is 15.2 Å². The molecule has 0 atom stereocenters. The van der Waals surface area contributed by atoms with E-state index >= 15 is 0 Å². The van der Waals surface area contributed by atoms with Crippen molar-refractivity contribution in [2.45, 2.75) is 5.16 Å². The summed E-state index contributed by atoms with van der Waals surface area (Å²) < 4.78 is 36.7. The number of anilines is 3. The van der Waals surface area contributed by atoms with Gasteiger partial charge in [0.25, 0.3) is 11.5 Å². The second kappa shape index (κ2) is 10.7. The fourth-order valence-corrected chi connectivity index (χ4v) is 3.39. The summed E-state index contributed by atoms with van der Waals surface area (Å²) in [7, 11) is 2.96. The summed E-state index contributed by atoms with van der Waals surface area (Å²) in [6.45, 7) is 0. The maximum atomic E-state index is 13.3. The number of rotatable bonds is 8. The number of nitrogens with two attached hydrogens (primary N) is 1. The van der Waals surface area contributed by atoms with E-state index in [0.29, 0.717) is 23.3 Å². The zero-order valence-corrected chi connectivity index (χ0v) is 18.7. The first-order valence-corrected chi connectivity index (χ1v) is 10.5. The van der Waals surface area contributed by atoms with Gasteiger partial charge in [0.15, 0.2) is 34.1 Å². The van der Waals surface area contributed by atoms with Crippen molar-refractivity contribution in [2.24, 2.45) is 0 Å². The number of nitrogens with zero attached hydrogens (tertiary/aromatic N) is 1. The minimum atomic E-state index is -1.22. The summed E-state index contributed by atoms with van der Waals surface area (Å²) in [6, 6.07) is 7.37. The largest absolute Gasteiger partial charge is 0.493 e. The molecule has 0 unspecified atom stereocenters. The second-order valence-electron chi connectivity index (χ2n) is 6.62. The Balaban J connectivity index is 1.64. The van der Waals surface area contributed by atoms with Crippen molar-refractivity contribution in [3.8, 4) is 11.5 Å². The molecule has 0 aliphatic carbocycles. The molecule has 0 saturated heterocycles. The highest BCUT2D eigenvalue weighted by molar-refractivity contribution is 7.99. The Kier molecular flexibility index (Phi) is 7.68. The number of methoxy groups -OCH3 is 2. The second-order valence-corrected chi connectivity index (χ2v) is 7.58. The van der Waals surface area contributed by atoms with Crippen molar-refractivity contribution in [1.29, 1.82) is 0 Å². The average molecular weight is 491 g/mol. The van der Waals surface area contributed by atoms with Gasteiger partial charge in [0.1, 0.15) is 5.69 Å². The molecule has 0 saturated carbocycles. The van der Waals surface area contributed by atoms with Gasteiger partial charge in [-0.05, 0) is 30.3 Å². The Morgan fingerprint density at radius 2 is 1.79 bits per heavy atom. The van der Waals surface area contributed by atoms with Crippen LogP contribution in [-0.2, 0) is 4.79 Å². The maximum Gasteiger partial charge on any atom is 0.277 e. The van der Waals surface area contributed by atoms with Crippen molar-refractivity contribution in [3.63, 3.8) is 0 Å². The number of hydrogen-bond acceptors (Lipinski definition) is 8. The van der Waals surface area contributed by atoms with E-state index in [2.05, 4.69) is 20.6 Å². The van der Waals surface area contributed by atoms with Crippen molar-refractivity contribution >= 4 is 40.8 Å². The lowest BCUT2D eigenvalue weighted by Crippen LogP contribution is -2.23. The van der Waals surface area contributed by atoms with E-state index in [9.17, 15) is 23.2 Å². The fraction of sp³-hybridized carbons (Fsp3) is 0.143. The molecule has 0 aliphatic heterocycles. The molecule has 1 heterocycles. The lowest BCUT2D eigenvalue weighted by molar-refractivity contribution is -0.113. The third-order valence-corrected chi connectivity index (χ3v) is 5.23. The molecular weight excluding hydrogens is 472 g/mol. The Morgan fingerprint density at radius 1 is 1.06 bits per heavy atom. The van der Waals surface area contributed by atoms with Gasteiger partial charge >= 0.3 is 0 Å². The number of nitrogens with one attached hydrogen (secondary N) is 3. The highest BCUT2D eigenvalue weighted by atomic mass is 32.2. The molecule has 2 aromatic carbocycles. The van der Waals surface area contributed by atoms with Gasteiger partial charge in [-0.15, -0.1) is 0 Å². The zero-order chi connectivity index (χ0) is 24.8. The van der Waals surface area contributed by atoms with Crippen LogP contribution in [0.4, 0.5) is 26.0 Å². The fourth-order valence-electron chi connectivity index (χ4n) is 2.73. The minimum Gasteiger partial charge on any atom is -0.493 e. The molecule has 5 N–H and O–H groups in total. The monoisotopic (exact) mass is 491 g/mol. The van der Waals surface area contributed by atoms with E-state index in [1.54, 1.807) is 18.2 Å².